The minimum Gasteiger partial charge on any atom is -0.314 e. The molecule has 1 nitrogen and oxygen atoms in total. The van der Waals surface area contributed by atoms with Crippen LogP contribution in [0.3, 0.4) is 0 Å². The van der Waals surface area contributed by atoms with Gasteiger partial charge in [-0.05, 0) is 59.8 Å². The molecule has 0 amide bonds. The summed E-state index contributed by atoms with van der Waals surface area (Å²) >= 11 is 5.38. The van der Waals surface area contributed by atoms with Gasteiger partial charge in [-0.25, -0.2) is 0 Å². The minimum absolute atomic E-state index is 0.592. The number of likely N-dealkylation sites (N-methyl/N-ethyl adjacent to an activating group) is 1. The van der Waals surface area contributed by atoms with Crippen molar-refractivity contribution in [1.29, 1.82) is 0 Å². The Kier molecular flexibility index (Phi) is 6.77. The third kappa shape index (κ3) is 5.39. The molecule has 1 aromatic heterocycles. The van der Waals surface area contributed by atoms with Crippen LogP contribution in [-0.4, -0.2) is 12.6 Å². The summed E-state index contributed by atoms with van der Waals surface area (Å²) in [4.78, 5) is 1.46. The van der Waals surface area contributed by atoms with Crippen molar-refractivity contribution in [2.24, 2.45) is 0 Å². The lowest BCUT2D eigenvalue weighted by molar-refractivity contribution is 0.479. The van der Waals surface area contributed by atoms with Gasteiger partial charge in [0.15, 0.2) is 0 Å². The topological polar surface area (TPSA) is 12.0 Å². The van der Waals surface area contributed by atoms with E-state index in [2.05, 4.69) is 69.9 Å². The Balaban J connectivity index is 1.80. The van der Waals surface area contributed by atoms with Crippen LogP contribution >= 0.6 is 27.3 Å². The molecule has 0 spiro atoms. The molecule has 20 heavy (non-hydrogen) atoms. The Morgan fingerprint density at radius 2 is 2.05 bits per heavy atom. The Morgan fingerprint density at radius 1 is 1.25 bits per heavy atom. The fourth-order valence-corrected chi connectivity index (χ4v) is 4.00. The Morgan fingerprint density at radius 3 is 2.70 bits per heavy atom. The van der Waals surface area contributed by atoms with Crippen LogP contribution < -0.4 is 5.32 Å². The zero-order chi connectivity index (χ0) is 14.2. The van der Waals surface area contributed by atoms with Gasteiger partial charge in [0.05, 0.1) is 0 Å². The molecule has 108 valence electrons. The van der Waals surface area contributed by atoms with Gasteiger partial charge < -0.3 is 5.32 Å². The lowest BCUT2D eigenvalue weighted by atomic mass is 10.0. The van der Waals surface area contributed by atoms with E-state index in [1.807, 2.05) is 11.3 Å². The fraction of sp³-hybridized carbons (Fsp3) is 0.412. The van der Waals surface area contributed by atoms with E-state index in [1.54, 1.807) is 0 Å². The number of hydrogen-bond donors (Lipinski definition) is 1. The number of aryl methyl sites for hydroxylation is 1. The van der Waals surface area contributed by atoms with E-state index in [-0.39, 0.29) is 0 Å². The number of thiophene rings is 1. The van der Waals surface area contributed by atoms with Crippen molar-refractivity contribution < 1.29 is 0 Å². The molecule has 1 unspecified atom stereocenters. The average molecular weight is 352 g/mol. The summed E-state index contributed by atoms with van der Waals surface area (Å²) < 4.78 is 1.21. The molecule has 1 atom stereocenters. The molecule has 1 heterocycles. The van der Waals surface area contributed by atoms with Gasteiger partial charge in [0, 0.05) is 20.8 Å². The second-order valence-corrected chi connectivity index (χ2v) is 6.98. The molecule has 1 N–H and O–H groups in total. The predicted molar refractivity (Wildman–Crippen MR) is 92.6 cm³/mol. The molecule has 2 rings (SSSR count). The highest BCUT2D eigenvalue weighted by Gasteiger charge is 2.10. The van der Waals surface area contributed by atoms with Gasteiger partial charge in [-0.2, -0.15) is 0 Å². The van der Waals surface area contributed by atoms with Gasteiger partial charge in [0.25, 0.3) is 0 Å². The van der Waals surface area contributed by atoms with Crippen LogP contribution in [0.25, 0.3) is 0 Å². The van der Waals surface area contributed by atoms with Crippen molar-refractivity contribution >= 4 is 27.3 Å². The number of nitrogens with one attached hydrogen (secondary N) is 1. The van der Waals surface area contributed by atoms with Crippen molar-refractivity contribution in [3.8, 4) is 0 Å². The van der Waals surface area contributed by atoms with Crippen LogP contribution in [0, 0.1) is 0 Å². The molecule has 0 aliphatic carbocycles. The van der Waals surface area contributed by atoms with Crippen LogP contribution in [-0.2, 0) is 12.8 Å². The maximum Gasteiger partial charge on any atom is 0.0285 e. The highest BCUT2D eigenvalue weighted by Crippen LogP contribution is 2.22. The van der Waals surface area contributed by atoms with E-state index in [1.165, 1.54) is 34.2 Å². The lowest BCUT2D eigenvalue weighted by Gasteiger charge is -2.17. The van der Waals surface area contributed by atoms with E-state index in [4.69, 9.17) is 0 Å². The number of hydrogen-bond acceptors (Lipinski definition) is 2. The van der Waals surface area contributed by atoms with Crippen LogP contribution in [0.2, 0.25) is 0 Å². The van der Waals surface area contributed by atoms with E-state index in [9.17, 15) is 0 Å². The van der Waals surface area contributed by atoms with Crippen molar-refractivity contribution in [3.05, 3.63) is 56.7 Å². The number of benzene rings is 1. The second kappa shape index (κ2) is 8.60. The smallest absolute Gasteiger partial charge is 0.0285 e. The normalized spacial score (nSPS) is 12.5. The first-order chi connectivity index (χ1) is 9.78. The molecule has 3 heteroatoms. The second-order valence-electron chi connectivity index (χ2n) is 5.07. The molecule has 1 aromatic carbocycles. The zero-order valence-electron chi connectivity index (χ0n) is 11.9. The third-order valence-corrected chi connectivity index (χ3v) is 5.14. The van der Waals surface area contributed by atoms with Crippen LogP contribution in [0.4, 0.5) is 0 Å². The van der Waals surface area contributed by atoms with Gasteiger partial charge in [-0.3, -0.25) is 0 Å². The highest BCUT2D eigenvalue weighted by atomic mass is 79.9. The highest BCUT2D eigenvalue weighted by molar-refractivity contribution is 9.10. The van der Waals surface area contributed by atoms with Crippen LogP contribution in [0.1, 0.15) is 30.2 Å². The lowest BCUT2D eigenvalue weighted by Crippen LogP contribution is -2.30. The summed E-state index contributed by atoms with van der Waals surface area (Å²) in [5, 5.41) is 5.79. The molecular formula is C17H22BrNS. The molecule has 0 fully saturated rings. The SMILES string of the molecule is CCNC(CCCc1ccccc1)Cc1cc(Br)cs1. The van der Waals surface area contributed by atoms with E-state index >= 15 is 0 Å². The Labute approximate surface area is 134 Å². The Hall–Kier alpha value is -0.640. The van der Waals surface area contributed by atoms with Crippen LogP contribution in [0.15, 0.2) is 46.3 Å². The molecule has 0 radical (unpaired) electrons. The predicted octanol–water partition coefficient (Wildman–Crippen LogP) is 5.05. The first-order valence-corrected chi connectivity index (χ1v) is 8.95. The van der Waals surface area contributed by atoms with Crippen LogP contribution in [0.5, 0.6) is 0 Å². The van der Waals surface area contributed by atoms with E-state index < -0.39 is 0 Å². The third-order valence-electron chi connectivity index (χ3n) is 3.42. The first kappa shape index (κ1) is 15.7. The quantitative estimate of drug-likeness (QED) is 0.701. The number of rotatable bonds is 8. The standard InChI is InChI=1S/C17H22BrNS/c1-2-19-16(12-17-11-15(18)13-20-17)10-6-9-14-7-4-3-5-8-14/h3-5,7-8,11,13,16,19H,2,6,9-10,12H2,1H3. The number of halogens is 1. The molecule has 0 saturated carbocycles. The summed E-state index contributed by atoms with van der Waals surface area (Å²) in [6, 6.07) is 13.6. The van der Waals surface area contributed by atoms with Crippen molar-refractivity contribution in [3.63, 3.8) is 0 Å². The molecule has 0 aliphatic rings. The Bertz CT molecular complexity index is 495. The summed E-state index contributed by atoms with van der Waals surface area (Å²) in [6.45, 7) is 3.23. The van der Waals surface area contributed by atoms with Crippen molar-refractivity contribution in [2.45, 2.75) is 38.6 Å². The van der Waals surface area contributed by atoms with Gasteiger partial charge in [0.2, 0.25) is 0 Å². The van der Waals surface area contributed by atoms with Gasteiger partial charge in [-0.1, -0.05) is 37.3 Å². The summed E-state index contributed by atoms with van der Waals surface area (Å²) in [5.41, 5.74) is 1.45. The molecule has 0 bridgehead atoms. The van der Waals surface area contributed by atoms with Gasteiger partial charge >= 0.3 is 0 Å². The maximum atomic E-state index is 3.62. The van der Waals surface area contributed by atoms with Crippen molar-refractivity contribution in [2.75, 3.05) is 6.54 Å². The summed E-state index contributed by atoms with van der Waals surface area (Å²) in [5.74, 6) is 0. The fourth-order valence-electron chi connectivity index (χ4n) is 2.47. The van der Waals surface area contributed by atoms with Gasteiger partial charge in [-0.15, -0.1) is 11.3 Å². The zero-order valence-corrected chi connectivity index (χ0v) is 14.3. The summed E-state index contributed by atoms with van der Waals surface area (Å²) in [7, 11) is 0. The largest absolute Gasteiger partial charge is 0.314 e. The first-order valence-electron chi connectivity index (χ1n) is 7.28. The van der Waals surface area contributed by atoms with E-state index in [0.717, 1.165) is 13.0 Å². The van der Waals surface area contributed by atoms with Gasteiger partial charge in [0.1, 0.15) is 0 Å². The maximum absolute atomic E-state index is 3.62. The monoisotopic (exact) mass is 351 g/mol. The van der Waals surface area contributed by atoms with E-state index in [0.29, 0.717) is 6.04 Å². The molecular weight excluding hydrogens is 330 g/mol. The minimum atomic E-state index is 0.592. The molecule has 2 aromatic rings. The van der Waals surface area contributed by atoms with Crippen molar-refractivity contribution in [1.82, 2.24) is 5.32 Å². The molecule has 0 aliphatic heterocycles. The molecule has 0 saturated heterocycles. The summed E-state index contributed by atoms with van der Waals surface area (Å²) in [6.07, 6.45) is 4.79. The average Bonchev–Trinajstić information content (AvgIpc) is 2.85.